The summed E-state index contributed by atoms with van der Waals surface area (Å²) in [6.07, 6.45) is 0.0196. The average Bonchev–Trinajstić information content (AvgIpc) is 2.56. The number of aryl methyl sites for hydroxylation is 1. The van der Waals surface area contributed by atoms with Gasteiger partial charge in [0, 0.05) is 22.0 Å². The van der Waals surface area contributed by atoms with Crippen molar-refractivity contribution in [3.63, 3.8) is 0 Å². The van der Waals surface area contributed by atoms with Crippen LogP contribution in [-0.2, 0) is 4.79 Å². The van der Waals surface area contributed by atoms with Crippen LogP contribution in [-0.4, -0.2) is 17.5 Å². The van der Waals surface area contributed by atoms with Gasteiger partial charge in [-0.3, -0.25) is 9.59 Å². The number of hydrogen-bond donors (Lipinski definition) is 2. The summed E-state index contributed by atoms with van der Waals surface area (Å²) in [5.74, 6) is -1.17. The first-order valence-corrected chi connectivity index (χ1v) is 7.88. The van der Waals surface area contributed by atoms with Gasteiger partial charge in [0.05, 0.1) is 6.42 Å². The van der Waals surface area contributed by atoms with Gasteiger partial charge in [-0.05, 0) is 61.9 Å². The van der Waals surface area contributed by atoms with Crippen LogP contribution in [0.2, 0.25) is 5.02 Å². The van der Waals surface area contributed by atoms with E-state index in [-0.39, 0.29) is 17.9 Å². The minimum Gasteiger partial charge on any atom is -0.326 e. The lowest BCUT2D eigenvalue weighted by molar-refractivity contribution is -0.115. The highest BCUT2D eigenvalue weighted by Crippen LogP contribution is 2.19. The molecule has 0 radical (unpaired) electrons. The topological polar surface area (TPSA) is 70.6 Å². The molecule has 0 saturated heterocycles. The second kappa shape index (κ2) is 8.39. The van der Waals surface area contributed by atoms with Gasteiger partial charge in [-0.15, -0.1) is 0 Å². The molecule has 2 aromatic rings. The highest BCUT2D eigenvalue weighted by atomic mass is 35.5. The molecule has 0 fully saturated rings. The third-order valence-corrected chi connectivity index (χ3v) is 3.57. The van der Waals surface area contributed by atoms with Crippen molar-refractivity contribution in [2.75, 3.05) is 5.32 Å². The van der Waals surface area contributed by atoms with Crippen molar-refractivity contribution in [1.82, 2.24) is 5.43 Å². The predicted octanol–water partition coefficient (Wildman–Crippen LogP) is 3.92. The molecule has 130 valence electrons. The second-order valence-electron chi connectivity index (χ2n) is 5.48. The van der Waals surface area contributed by atoms with Crippen LogP contribution >= 0.6 is 11.6 Å². The lowest BCUT2D eigenvalue weighted by Gasteiger charge is -2.08. The Hall–Kier alpha value is -2.73. The van der Waals surface area contributed by atoms with Crippen molar-refractivity contribution >= 4 is 34.8 Å². The summed E-state index contributed by atoms with van der Waals surface area (Å²) in [7, 11) is 0. The number of carbonyl (C=O) groups excluding carboxylic acids is 2. The molecule has 0 saturated carbocycles. The highest BCUT2D eigenvalue weighted by Gasteiger charge is 2.08. The van der Waals surface area contributed by atoms with Gasteiger partial charge in [-0.2, -0.15) is 5.10 Å². The lowest BCUT2D eigenvalue weighted by atomic mass is 10.2. The van der Waals surface area contributed by atoms with E-state index in [1.165, 1.54) is 24.3 Å². The smallest absolute Gasteiger partial charge is 0.271 e. The molecular formula is C18H17ClFN3O2. The molecule has 0 bridgehead atoms. The van der Waals surface area contributed by atoms with Crippen molar-refractivity contribution in [2.24, 2.45) is 5.10 Å². The first-order valence-electron chi connectivity index (χ1n) is 7.50. The van der Waals surface area contributed by atoms with Crippen LogP contribution in [0.25, 0.3) is 0 Å². The minimum absolute atomic E-state index is 0.0196. The third-order valence-electron chi connectivity index (χ3n) is 3.33. The van der Waals surface area contributed by atoms with Crippen molar-refractivity contribution < 1.29 is 14.0 Å². The van der Waals surface area contributed by atoms with E-state index in [2.05, 4.69) is 15.8 Å². The van der Waals surface area contributed by atoms with Gasteiger partial charge in [0.2, 0.25) is 5.91 Å². The summed E-state index contributed by atoms with van der Waals surface area (Å²) in [5, 5.41) is 7.24. The quantitative estimate of drug-likeness (QED) is 0.626. The van der Waals surface area contributed by atoms with Gasteiger partial charge >= 0.3 is 0 Å². The number of anilines is 1. The summed E-state index contributed by atoms with van der Waals surface area (Å²) < 4.78 is 12.8. The van der Waals surface area contributed by atoms with Gasteiger partial charge < -0.3 is 5.32 Å². The van der Waals surface area contributed by atoms with Crippen LogP contribution in [0.1, 0.15) is 29.3 Å². The fourth-order valence-corrected chi connectivity index (χ4v) is 2.27. The Labute approximate surface area is 149 Å². The number of nitrogens with zero attached hydrogens (tertiary/aromatic N) is 1. The number of benzene rings is 2. The van der Waals surface area contributed by atoms with E-state index in [0.717, 1.165) is 5.56 Å². The summed E-state index contributed by atoms with van der Waals surface area (Å²) >= 11 is 5.88. The minimum atomic E-state index is -0.478. The molecule has 0 aliphatic rings. The maximum atomic E-state index is 12.8. The lowest BCUT2D eigenvalue weighted by Crippen LogP contribution is -2.21. The van der Waals surface area contributed by atoms with E-state index in [0.29, 0.717) is 16.4 Å². The van der Waals surface area contributed by atoms with Crippen LogP contribution in [0.4, 0.5) is 10.1 Å². The van der Waals surface area contributed by atoms with Gasteiger partial charge in [-0.25, -0.2) is 9.82 Å². The second-order valence-corrected chi connectivity index (χ2v) is 5.92. The largest absolute Gasteiger partial charge is 0.326 e. The Kier molecular flexibility index (Phi) is 6.25. The summed E-state index contributed by atoms with van der Waals surface area (Å²) in [5.41, 5.74) is 4.55. The van der Waals surface area contributed by atoms with Crippen LogP contribution in [0, 0.1) is 12.7 Å². The van der Waals surface area contributed by atoms with Crippen molar-refractivity contribution in [3.8, 4) is 0 Å². The number of nitrogens with one attached hydrogen (secondary N) is 2. The maximum Gasteiger partial charge on any atom is 0.271 e. The Bertz CT molecular complexity index is 820. The summed E-state index contributed by atoms with van der Waals surface area (Å²) in [4.78, 5) is 23.9. The molecule has 0 aromatic heterocycles. The van der Waals surface area contributed by atoms with E-state index < -0.39 is 11.7 Å². The first-order chi connectivity index (χ1) is 11.8. The van der Waals surface area contributed by atoms with Crippen molar-refractivity contribution in [1.29, 1.82) is 0 Å². The van der Waals surface area contributed by atoms with E-state index >= 15 is 0 Å². The first kappa shape index (κ1) is 18.6. The normalized spacial score (nSPS) is 11.1. The van der Waals surface area contributed by atoms with Crippen LogP contribution in [0.3, 0.4) is 0 Å². The standard InChI is InChI=1S/C18H17ClFN3O2/c1-11-9-14(19)5-8-16(11)21-17(24)10-12(2)22-23-18(25)13-3-6-15(20)7-4-13/h3-9H,10H2,1-2H3,(H,21,24)(H,23,25)/b22-12+. The fraction of sp³-hybridized carbons (Fsp3) is 0.167. The summed E-state index contributed by atoms with van der Waals surface area (Å²) in [6, 6.07) is 10.2. The van der Waals surface area contributed by atoms with Crippen LogP contribution in [0.15, 0.2) is 47.6 Å². The molecule has 5 nitrogen and oxygen atoms in total. The van der Waals surface area contributed by atoms with Crippen LogP contribution < -0.4 is 10.7 Å². The number of rotatable bonds is 5. The zero-order chi connectivity index (χ0) is 18.4. The molecule has 7 heteroatoms. The predicted molar refractivity (Wildman–Crippen MR) is 96.4 cm³/mol. The SMILES string of the molecule is C/C(CC(=O)Nc1ccc(Cl)cc1C)=N\NC(=O)c1ccc(F)cc1. The van der Waals surface area contributed by atoms with Crippen molar-refractivity contribution in [3.05, 3.63) is 64.4 Å². The molecule has 2 amide bonds. The van der Waals surface area contributed by atoms with Gasteiger partial charge in [-0.1, -0.05) is 11.6 Å². The molecule has 0 unspecified atom stereocenters. The monoisotopic (exact) mass is 361 g/mol. The number of halogens is 2. The molecule has 0 aliphatic heterocycles. The van der Waals surface area contributed by atoms with Gasteiger partial charge in [0.1, 0.15) is 5.82 Å². The molecule has 0 heterocycles. The fourth-order valence-electron chi connectivity index (χ4n) is 2.05. The average molecular weight is 362 g/mol. The Balaban J connectivity index is 1.90. The van der Waals surface area contributed by atoms with Crippen molar-refractivity contribution in [2.45, 2.75) is 20.3 Å². The molecule has 2 rings (SSSR count). The maximum absolute atomic E-state index is 12.8. The molecule has 25 heavy (non-hydrogen) atoms. The van der Waals surface area contributed by atoms with Gasteiger partial charge in [0.25, 0.3) is 5.91 Å². The Morgan fingerprint density at radius 1 is 1.16 bits per heavy atom. The number of hydrogen-bond acceptors (Lipinski definition) is 3. The molecule has 0 aliphatic carbocycles. The highest BCUT2D eigenvalue weighted by molar-refractivity contribution is 6.30. The third kappa shape index (κ3) is 5.69. The number of carbonyl (C=O) groups is 2. The van der Waals surface area contributed by atoms with Crippen LogP contribution in [0.5, 0.6) is 0 Å². The molecular weight excluding hydrogens is 345 g/mol. The van der Waals surface area contributed by atoms with E-state index in [1.54, 1.807) is 25.1 Å². The van der Waals surface area contributed by atoms with E-state index in [1.807, 2.05) is 6.92 Å². The Morgan fingerprint density at radius 2 is 1.84 bits per heavy atom. The zero-order valence-electron chi connectivity index (χ0n) is 13.8. The number of hydrazone groups is 1. The van der Waals surface area contributed by atoms with Gasteiger partial charge in [0.15, 0.2) is 0 Å². The Morgan fingerprint density at radius 3 is 2.48 bits per heavy atom. The molecule has 2 aromatic carbocycles. The number of amides is 2. The molecule has 0 atom stereocenters. The zero-order valence-corrected chi connectivity index (χ0v) is 14.5. The molecule has 0 spiro atoms. The summed E-state index contributed by atoms with van der Waals surface area (Å²) in [6.45, 7) is 3.46. The van der Waals surface area contributed by atoms with E-state index in [4.69, 9.17) is 11.6 Å². The van der Waals surface area contributed by atoms with E-state index in [9.17, 15) is 14.0 Å². The molecule has 2 N–H and O–H groups in total.